The molecule has 2 aliphatic carbocycles. The first kappa shape index (κ1) is 29.0. The van der Waals surface area contributed by atoms with Crippen LogP contribution in [0.1, 0.15) is 82.7 Å². The molecule has 6 N–H and O–H groups in total. The van der Waals surface area contributed by atoms with Crippen LogP contribution >= 0.6 is 0 Å². The van der Waals surface area contributed by atoms with Crippen molar-refractivity contribution >= 4 is 17.5 Å². The summed E-state index contributed by atoms with van der Waals surface area (Å²) in [6, 6.07) is 3.71. The molecule has 0 radical (unpaired) electrons. The van der Waals surface area contributed by atoms with Crippen molar-refractivity contribution in [1.82, 2.24) is 5.32 Å². The number of benzene rings is 2. The van der Waals surface area contributed by atoms with E-state index in [1.807, 2.05) is 0 Å². The molecule has 1 fully saturated rings. The van der Waals surface area contributed by atoms with Gasteiger partial charge in [-0.25, -0.2) is 0 Å². The number of nitrogens with one attached hydrogen (secondary N) is 1. The lowest BCUT2D eigenvalue weighted by molar-refractivity contribution is -0.252. The van der Waals surface area contributed by atoms with Gasteiger partial charge < -0.3 is 45.1 Å². The number of hydrogen-bond donors (Lipinski definition) is 6. The van der Waals surface area contributed by atoms with Crippen molar-refractivity contribution in [2.24, 2.45) is 0 Å². The number of carbonyl (C=O) groups excluding carboxylic acids is 3. The van der Waals surface area contributed by atoms with Crippen molar-refractivity contribution in [3.05, 3.63) is 51.6 Å². The van der Waals surface area contributed by atoms with E-state index in [9.17, 15) is 39.9 Å². The number of aliphatic hydroxyl groups excluding tert-OH is 2. The molecule has 6 unspecified atom stereocenters. The number of aromatic hydroxyl groups is 2. The maximum Gasteiger partial charge on any atom is 0.217 e. The molecular formula is C29H33NO11. The lowest BCUT2D eigenvalue weighted by atomic mass is 9.71. The highest BCUT2D eigenvalue weighted by molar-refractivity contribution is 6.31. The summed E-state index contributed by atoms with van der Waals surface area (Å²) in [5.74, 6) is -2.94. The lowest BCUT2D eigenvalue weighted by Crippen LogP contribution is -2.55. The van der Waals surface area contributed by atoms with E-state index in [-0.39, 0.29) is 53.2 Å². The van der Waals surface area contributed by atoms with Crippen LogP contribution in [0.15, 0.2) is 18.2 Å². The van der Waals surface area contributed by atoms with Gasteiger partial charge in [0.15, 0.2) is 12.1 Å². The molecule has 3 aliphatic rings. The number of phenolic OH excluding ortho intramolecular Hbond substituents is 2. The molecule has 12 nitrogen and oxygen atoms in total. The second kappa shape index (κ2) is 10.4. The van der Waals surface area contributed by atoms with Crippen molar-refractivity contribution in [2.75, 3.05) is 7.11 Å². The molecule has 1 aliphatic heterocycles. The first-order valence-corrected chi connectivity index (χ1v) is 13.3. The number of fused-ring (bicyclic) bond motifs is 3. The molecule has 2 aromatic rings. The molecule has 2 aromatic carbocycles. The quantitative estimate of drug-likeness (QED) is 0.239. The van der Waals surface area contributed by atoms with E-state index >= 15 is 0 Å². The molecule has 5 rings (SSSR count). The molecule has 0 aromatic heterocycles. The molecule has 1 saturated heterocycles. The number of amides is 1. The summed E-state index contributed by atoms with van der Waals surface area (Å²) in [6.45, 7) is 4.25. The van der Waals surface area contributed by atoms with E-state index in [2.05, 4.69) is 5.32 Å². The van der Waals surface area contributed by atoms with Crippen LogP contribution in [-0.2, 0) is 20.7 Å². The Morgan fingerprint density at radius 1 is 1.15 bits per heavy atom. The monoisotopic (exact) mass is 571 g/mol. The smallest absolute Gasteiger partial charge is 0.217 e. The van der Waals surface area contributed by atoms with Crippen LogP contribution in [-0.4, -0.2) is 86.4 Å². The minimum absolute atomic E-state index is 0.00367. The first-order chi connectivity index (χ1) is 19.3. The summed E-state index contributed by atoms with van der Waals surface area (Å²) in [6.07, 6.45) is -6.03. The van der Waals surface area contributed by atoms with E-state index in [1.165, 1.54) is 39.2 Å². The molecule has 1 heterocycles. The number of aliphatic hydroxyl groups is 3. The SMILES string of the molecule is COc1cccc2c1C(=O)c1c(O)c3c(c(O)c1C2=O)C[C@@](O)(C(C)O)CC3OC1CC(NC(C)=O)C(O)C(C)O1. The molecule has 0 spiro atoms. The second-order valence-corrected chi connectivity index (χ2v) is 11.0. The number of carbonyl (C=O) groups is 3. The van der Waals surface area contributed by atoms with Crippen LogP contribution in [0.5, 0.6) is 17.2 Å². The number of phenols is 2. The Morgan fingerprint density at radius 2 is 1.83 bits per heavy atom. The molecule has 7 atom stereocenters. The third kappa shape index (κ3) is 4.65. The summed E-state index contributed by atoms with van der Waals surface area (Å²) >= 11 is 0. The number of hydrogen-bond acceptors (Lipinski definition) is 11. The fraction of sp³-hybridized carbons (Fsp3) is 0.483. The molecule has 220 valence electrons. The largest absolute Gasteiger partial charge is 0.507 e. The third-order valence-electron chi connectivity index (χ3n) is 8.29. The fourth-order valence-electron chi connectivity index (χ4n) is 6.11. The van der Waals surface area contributed by atoms with Crippen LogP contribution in [0.4, 0.5) is 0 Å². The van der Waals surface area contributed by atoms with Crippen LogP contribution in [0.25, 0.3) is 0 Å². The highest BCUT2D eigenvalue weighted by Crippen LogP contribution is 2.52. The van der Waals surface area contributed by atoms with E-state index in [0.29, 0.717) is 0 Å². The van der Waals surface area contributed by atoms with Crippen molar-refractivity contribution in [3.63, 3.8) is 0 Å². The third-order valence-corrected chi connectivity index (χ3v) is 8.29. The summed E-state index contributed by atoms with van der Waals surface area (Å²) < 4.78 is 17.3. The molecule has 41 heavy (non-hydrogen) atoms. The molecule has 12 heteroatoms. The Kier molecular flexibility index (Phi) is 7.33. The van der Waals surface area contributed by atoms with Gasteiger partial charge >= 0.3 is 0 Å². The van der Waals surface area contributed by atoms with Crippen LogP contribution in [0.2, 0.25) is 0 Å². The maximum atomic E-state index is 13.7. The predicted octanol–water partition coefficient (Wildman–Crippen LogP) is 0.998. The molecule has 1 amide bonds. The Balaban J connectivity index is 1.64. The molecule has 0 bridgehead atoms. The average molecular weight is 572 g/mol. The van der Waals surface area contributed by atoms with Crippen molar-refractivity contribution in [3.8, 4) is 17.2 Å². The van der Waals surface area contributed by atoms with Gasteiger partial charge in [0.2, 0.25) is 11.7 Å². The summed E-state index contributed by atoms with van der Waals surface area (Å²) in [4.78, 5) is 39.0. The van der Waals surface area contributed by atoms with E-state index in [0.717, 1.165) is 0 Å². The lowest BCUT2D eigenvalue weighted by Gasteiger charge is -2.44. The topological polar surface area (TPSA) is 192 Å². The van der Waals surface area contributed by atoms with Gasteiger partial charge in [-0.3, -0.25) is 14.4 Å². The summed E-state index contributed by atoms with van der Waals surface area (Å²) in [5, 5.41) is 58.0. The number of ketones is 2. The molecular weight excluding hydrogens is 538 g/mol. The highest BCUT2D eigenvalue weighted by Gasteiger charge is 2.49. The zero-order valence-corrected chi connectivity index (χ0v) is 23.0. The number of methoxy groups -OCH3 is 1. The van der Waals surface area contributed by atoms with Crippen LogP contribution < -0.4 is 10.1 Å². The number of ether oxygens (including phenoxy) is 3. The first-order valence-electron chi connectivity index (χ1n) is 13.3. The van der Waals surface area contributed by atoms with Gasteiger partial charge in [-0.05, 0) is 19.9 Å². The van der Waals surface area contributed by atoms with E-state index < -0.39 is 76.5 Å². The Labute approximate surface area is 235 Å². The standard InChI is InChI=1S/C29H33NO11/c1-11-24(33)16(30-13(3)32)8-19(40-11)41-18-10-29(38,12(2)31)9-15-21(18)28(37)23-22(26(15)35)25(34)14-6-5-7-17(39-4)20(14)27(23)36/h5-7,11-12,16,18-19,24,31,33,35,37-38H,8-10H2,1-4H3,(H,30,32)/t11?,12?,16?,18?,19?,24?,29-/m0/s1. The van der Waals surface area contributed by atoms with Crippen LogP contribution in [0, 0.1) is 0 Å². The number of rotatable bonds is 5. The van der Waals surface area contributed by atoms with Gasteiger partial charge in [0.05, 0.1) is 53.8 Å². The summed E-state index contributed by atoms with van der Waals surface area (Å²) in [5.41, 5.74) is -2.87. The van der Waals surface area contributed by atoms with Crippen molar-refractivity contribution in [1.29, 1.82) is 0 Å². The second-order valence-electron chi connectivity index (χ2n) is 11.0. The van der Waals surface area contributed by atoms with E-state index in [1.54, 1.807) is 6.92 Å². The van der Waals surface area contributed by atoms with Crippen molar-refractivity contribution < 1.29 is 54.1 Å². The highest BCUT2D eigenvalue weighted by atomic mass is 16.7. The minimum atomic E-state index is -1.85. The van der Waals surface area contributed by atoms with Gasteiger partial charge in [0.25, 0.3) is 0 Å². The molecule has 0 saturated carbocycles. The Hall–Kier alpha value is -3.55. The van der Waals surface area contributed by atoms with Gasteiger partial charge in [-0.2, -0.15) is 0 Å². The zero-order chi connectivity index (χ0) is 30.0. The van der Waals surface area contributed by atoms with Gasteiger partial charge in [0.1, 0.15) is 23.4 Å². The van der Waals surface area contributed by atoms with Gasteiger partial charge in [-0.15, -0.1) is 0 Å². The summed E-state index contributed by atoms with van der Waals surface area (Å²) in [7, 11) is 1.34. The minimum Gasteiger partial charge on any atom is -0.507 e. The van der Waals surface area contributed by atoms with E-state index in [4.69, 9.17) is 14.2 Å². The predicted molar refractivity (Wildman–Crippen MR) is 141 cm³/mol. The Morgan fingerprint density at radius 3 is 2.46 bits per heavy atom. The van der Waals surface area contributed by atoms with Crippen LogP contribution in [0.3, 0.4) is 0 Å². The van der Waals surface area contributed by atoms with Gasteiger partial charge in [-0.1, -0.05) is 12.1 Å². The zero-order valence-electron chi connectivity index (χ0n) is 23.0. The Bertz CT molecular complexity index is 1440. The maximum absolute atomic E-state index is 13.7. The average Bonchev–Trinajstić information content (AvgIpc) is 2.91. The van der Waals surface area contributed by atoms with Gasteiger partial charge in [0, 0.05) is 42.9 Å². The normalized spacial score (nSPS) is 29.7. The fourth-order valence-corrected chi connectivity index (χ4v) is 6.11. The van der Waals surface area contributed by atoms with Crippen molar-refractivity contribution in [2.45, 2.75) is 82.4 Å².